The van der Waals surface area contributed by atoms with Crippen molar-refractivity contribution in [2.75, 3.05) is 0 Å². The summed E-state index contributed by atoms with van der Waals surface area (Å²) in [5.74, 6) is 0.0670. The maximum absolute atomic E-state index is 11.2. The second-order valence-electron chi connectivity index (χ2n) is 3.36. The topological polar surface area (TPSA) is 68.3 Å². The third kappa shape index (κ3) is 1.85. The molecule has 88 valence electrons. The van der Waals surface area contributed by atoms with Gasteiger partial charge in [-0.15, -0.1) is 24.8 Å². The molecule has 0 saturated carbocycles. The Morgan fingerprint density at radius 2 is 1.94 bits per heavy atom. The van der Waals surface area contributed by atoms with Crippen molar-refractivity contribution in [2.45, 2.75) is 0 Å². The van der Waals surface area contributed by atoms with Crippen LogP contribution in [0.1, 0.15) is 5.56 Å². The van der Waals surface area contributed by atoms with Crippen molar-refractivity contribution >= 4 is 53.0 Å². The summed E-state index contributed by atoms with van der Waals surface area (Å²) in [6.45, 7) is 0. The number of hydrogen-bond acceptors (Lipinski definition) is 3. The van der Waals surface area contributed by atoms with Gasteiger partial charge in [-0.3, -0.25) is 4.79 Å². The molecule has 1 amide bonds. The SMILES string of the molecule is Cl.Cl.NC(=O)C1=Nc2nccc3cccc1c23. The molecule has 2 aromatic rings. The summed E-state index contributed by atoms with van der Waals surface area (Å²) in [7, 11) is 0. The Bertz CT molecular complexity index is 620. The summed E-state index contributed by atoms with van der Waals surface area (Å²) in [5.41, 5.74) is 6.34. The lowest BCUT2D eigenvalue weighted by Gasteiger charge is -1.99. The smallest absolute Gasteiger partial charge is 0.268 e. The molecule has 2 heterocycles. The number of pyridine rings is 1. The van der Waals surface area contributed by atoms with Crippen LogP contribution in [0, 0.1) is 0 Å². The molecule has 0 aliphatic carbocycles. The number of benzene rings is 1. The van der Waals surface area contributed by atoms with E-state index >= 15 is 0 Å². The molecule has 1 aromatic carbocycles. The van der Waals surface area contributed by atoms with Crippen LogP contribution in [0.15, 0.2) is 35.5 Å². The van der Waals surface area contributed by atoms with Crippen molar-refractivity contribution < 1.29 is 4.79 Å². The van der Waals surface area contributed by atoms with Gasteiger partial charge in [0.15, 0.2) is 5.82 Å². The molecule has 17 heavy (non-hydrogen) atoms. The van der Waals surface area contributed by atoms with E-state index in [1.54, 1.807) is 6.20 Å². The van der Waals surface area contributed by atoms with Crippen molar-refractivity contribution in [1.29, 1.82) is 0 Å². The van der Waals surface area contributed by atoms with Gasteiger partial charge in [-0.05, 0) is 11.5 Å². The summed E-state index contributed by atoms with van der Waals surface area (Å²) >= 11 is 0. The van der Waals surface area contributed by atoms with Gasteiger partial charge in [-0.25, -0.2) is 9.98 Å². The van der Waals surface area contributed by atoms with Gasteiger partial charge in [0, 0.05) is 17.1 Å². The predicted molar refractivity (Wildman–Crippen MR) is 71.6 cm³/mol. The first-order valence-corrected chi connectivity index (χ1v) is 4.54. The molecular weight excluding hydrogens is 261 g/mol. The van der Waals surface area contributed by atoms with Crippen molar-refractivity contribution in [1.82, 2.24) is 4.98 Å². The molecule has 0 fully saturated rings. The average Bonchev–Trinajstić information content (AvgIpc) is 2.61. The van der Waals surface area contributed by atoms with Crippen LogP contribution in [0.5, 0.6) is 0 Å². The number of carbonyl (C=O) groups is 1. The molecule has 1 aromatic heterocycles. The minimum Gasteiger partial charge on any atom is -0.364 e. The molecule has 4 nitrogen and oxygen atoms in total. The highest BCUT2D eigenvalue weighted by Gasteiger charge is 2.22. The van der Waals surface area contributed by atoms with Crippen LogP contribution < -0.4 is 5.73 Å². The van der Waals surface area contributed by atoms with E-state index in [4.69, 9.17) is 5.73 Å². The minimum atomic E-state index is -0.513. The summed E-state index contributed by atoms with van der Waals surface area (Å²) in [6.07, 6.45) is 1.68. The van der Waals surface area contributed by atoms with E-state index in [9.17, 15) is 4.79 Å². The van der Waals surface area contributed by atoms with E-state index in [1.165, 1.54) is 0 Å². The molecule has 0 radical (unpaired) electrons. The molecule has 0 saturated heterocycles. The van der Waals surface area contributed by atoms with Crippen LogP contribution in [0.4, 0.5) is 5.82 Å². The zero-order valence-electron chi connectivity index (χ0n) is 8.58. The second-order valence-corrected chi connectivity index (χ2v) is 3.36. The largest absolute Gasteiger partial charge is 0.364 e. The highest BCUT2D eigenvalue weighted by molar-refractivity contribution is 6.49. The maximum Gasteiger partial charge on any atom is 0.268 e. The van der Waals surface area contributed by atoms with Gasteiger partial charge >= 0.3 is 0 Å². The lowest BCUT2D eigenvalue weighted by Crippen LogP contribution is -2.22. The summed E-state index contributed by atoms with van der Waals surface area (Å²) in [6, 6.07) is 7.57. The van der Waals surface area contributed by atoms with Gasteiger partial charge in [0.05, 0.1) is 0 Å². The summed E-state index contributed by atoms with van der Waals surface area (Å²) in [5, 5.41) is 1.94. The first-order chi connectivity index (χ1) is 7.27. The van der Waals surface area contributed by atoms with Crippen LogP contribution in [0.25, 0.3) is 10.8 Å². The van der Waals surface area contributed by atoms with E-state index in [0.717, 1.165) is 16.3 Å². The van der Waals surface area contributed by atoms with E-state index in [2.05, 4.69) is 9.98 Å². The molecule has 0 atom stereocenters. The van der Waals surface area contributed by atoms with Gasteiger partial charge in [0.1, 0.15) is 5.71 Å². The van der Waals surface area contributed by atoms with E-state index < -0.39 is 5.91 Å². The number of nitrogens with zero attached hydrogens (tertiary/aromatic N) is 2. The Kier molecular flexibility index (Phi) is 3.70. The highest BCUT2D eigenvalue weighted by atomic mass is 35.5. The summed E-state index contributed by atoms with van der Waals surface area (Å²) in [4.78, 5) is 19.4. The lowest BCUT2D eigenvalue weighted by atomic mass is 10.0. The Morgan fingerprint density at radius 1 is 1.18 bits per heavy atom. The number of aliphatic imine (C=N–C) groups is 1. The van der Waals surface area contributed by atoms with Crippen molar-refractivity contribution in [3.8, 4) is 0 Å². The molecule has 6 heteroatoms. The van der Waals surface area contributed by atoms with Gasteiger partial charge in [0.2, 0.25) is 0 Å². The number of rotatable bonds is 1. The molecule has 3 rings (SSSR count). The number of primary amides is 1. The number of nitrogens with two attached hydrogens (primary N) is 1. The van der Waals surface area contributed by atoms with Crippen molar-refractivity contribution in [3.63, 3.8) is 0 Å². The minimum absolute atomic E-state index is 0. The number of carbonyl (C=O) groups excluding carboxylic acids is 1. The number of hydrogen-bond donors (Lipinski definition) is 1. The zero-order valence-corrected chi connectivity index (χ0v) is 10.2. The molecule has 1 aliphatic heterocycles. The third-order valence-electron chi connectivity index (χ3n) is 2.48. The second kappa shape index (κ2) is 4.69. The zero-order chi connectivity index (χ0) is 10.4. The first kappa shape index (κ1) is 13.4. The van der Waals surface area contributed by atoms with Gasteiger partial charge in [-0.2, -0.15) is 0 Å². The maximum atomic E-state index is 11.2. The van der Waals surface area contributed by atoms with E-state index in [-0.39, 0.29) is 24.8 Å². The molecule has 0 spiro atoms. The molecular formula is C11H9Cl2N3O. The Morgan fingerprint density at radius 3 is 2.65 bits per heavy atom. The fourth-order valence-corrected chi connectivity index (χ4v) is 1.85. The quantitative estimate of drug-likeness (QED) is 0.861. The van der Waals surface area contributed by atoms with E-state index in [1.807, 2.05) is 24.3 Å². The van der Waals surface area contributed by atoms with Crippen molar-refractivity contribution in [3.05, 3.63) is 36.0 Å². The Balaban J connectivity index is 0.000000722. The van der Waals surface area contributed by atoms with Gasteiger partial charge < -0.3 is 5.73 Å². The standard InChI is InChI=1S/C11H7N3O.2ClH/c12-10(15)9-7-3-1-2-6-4-5-13-11(14-9)8(6)7;;/h1-5H,(H2,12,15);2*1H. The summed E-state index contributed by atoms with van der Waals surface area (Å²) < 4.78 is 0. The Labute approximate surface area is 110 Å². The van der Waals surface area contributed by atoms with Crippen LogP contribution in [-0.2, 0) is 4.79 Å². The van der Waals surface area contributed by atoms with Gasteiger partial charge in [-0.1, -0.05) is 18.2 Å². The number of aromatic nitrogens is 1. The fourth-order valence-electron chi connectivity index (χ4n) is 1.85. The lowest BCUT2D eigenvalue weighted by molar-refractivity contribution is -0.111. The van der Waals surface area contributed by atoms with Crippen LogP contribution in [0.2, 0.25) is 0 Å². The van der Waals surface area contributed by atoms with Crippen molar-refractivity contribution in [2.24, 2.45) is 10.7 Å². The van der Waals surface area contributed by atoms with Crippen LogP contribution >= 0.6 is 24.8 Å². The third-order valence-corrected chi connectivity index (χ3v) is 2.48. The molecule has 1 aliphatic rings. The van der Waals surface area contributed by atoms with Crippen LogP contribution in [0.3, 0.4) is 0 Å². The van der Waals surface area contributed by atoms with E-state index in [0.29, 0.717) is 11.5 Å². The number of halogens is 2. The molecule has 2 N–H and O–H groups in total. The first-order valence-electron chi connectivity index (χ1n) is 4.54. The molecule has 0 unspecified atom stereocenters. The number of amides is 1. The highest BCUT2D eigenvalue weighted by Crippen LogP contribution is 2.32. The predicted octanol–water partition coefficient (Wildman–Crippen LogP) is 2.00. The normalized spacial score (nSPS) is 11.4. The monoisotopic (exact) mass is 269 g/mol. The average molecular weight is 270 g/mol. The fraction of sp³-hybridized carbons (Fsp3) is 0. The molecule has 0 bridgehead atoms. The van der Waals surface area contributed by atoms with Gasteiger partial charge in [0.25, 0.3) is 5.91 Å². The Hall–Kier alpha value is -1.65. The van der Waals surface area contributed by atoms with Crippen LogP contribution in [-0.4, -0.2) is 16.6 Å².